The summed E-state index contributed by atoms with van der Waals surface area (Å²) in [4.78, 5) is 16.1. The third-order valence-corrected chi connectivity index (χ3v) is 5.66. The number of carbonyl (C=O) groups excluding carboxylic acids is 1. The predicted molar refractivity (Wildman–Crippen MR) is 118 cm³/mol. The van der Waals surface area contributed by atoms with Crippen molar-refractivity contribution in [3.05, 3.63) is 89.2 Å². The average molecular weight is 429 g/mol. The second-order valence-corrected chi connectivity index (χ2v) is 7.64. The summed E-state index contributed by atoms with van der Waals surface area (Å²) in [5.74, 6) is -0.0237. The summed E-state index contributed by atoms with van der Waals surface area (Å²) in [5, 5.41) is 31.8. The number of carbonyl (C=O) groups is 1. The zero-order valence-corrected chi connectivity index (χ0v) is 17.3. The van der Waals surface area contributed by atoms with Crippen LogP contribution in [0.5, 0.6) is 0 Å². The van der Waals surface area contributed by atoms with Gasteiger partial charge in [0, 0.05) is 24.2 Å². The maximum atomic E-state index is 12.2. The molecule has 1 amide bonds. The molecule has 7 heteroatoms. The summed E-state index contributed by atoms with van der Waals surface area (Å²) in [6.07, 6.45) is -1.36. The van der Waals surface area contributed by atoms with Crippen LogP contribution in [0.15, 0.2) is 66.9 Å². The zero-order chi connectivity index (χ0) is 22.5. The molecule has 0 saturated carbocycles. The van der Waals surface area contributed by atoms with Crippen molar-refractivity contribution in [1.29, 1.82) is 5.26 Å². The third-order valence-electron chi connectivity index (χ3n) is 5.66. The smallest absolute Gasteiger partial charge is 0.407 e. The normalized spacial score (nSPS) is 14.0. The predicted octanol–water partition coefficient (Wildman–Crippen LogP) is 3.28. The number of aliphatic hydroxyl groups excluding tert-OH is 2. The Morgan fingerprint density at radius 1 is 1.06 bits per heavy atom. The highest BCUT2D eigenvalue weighted by Crippen LogP contribution is 2.44. The molecule has 7 nitrogen and oxygen atoms in total. The van der Waals surface area contributed by atoms with Crippen LogP contribution in [0.3, 0.4) is 0 Å². The molecular weight excluding hydrogens is 406 g/mol. The number of rotatable bonds is 7. The number of fused-ring (bicyclic) bond motifs is 3. The van der Waals surface area contributed by atoms with Crippen molar-refractivity contribution in [1.82, 2.24) is 10.3 Å². The monoisotopic (exact) mass is 429 g/mol. The second-order valence-electron chi connectivity index (χ2n) is 7.64. The van der Waals surface area contributed by atoms with Gasteiger partial charge in [-0.3, -0.25) is 0 Å². The van der Waals surface area contributed by atoms with Gasteiger partial charge in [-0.15, -0.1) is 0 Å². The number of alkyl carbamates (subject to hydrolysis) is 1. The van der Waals surface area contributed by atoms with E-state index in [9.17, 15) is 15.0 Å². The van der Waals surface area contributed by atoms with Gasteiger partial charge in [0.25, 0.3) is 0 Å². The van der Waals surface area contributed by atoms with Crippen molar-refractivity contribution in [3.8, 4) is 17.2 Å². The van der Waals surface area contributed by atoms with Gasteiger partial charge < -0.3 is 20.3 Å². The molecule has 0 aliphatic heterocycles. The maximum Gasteiger partial charge on any atom is 0.407 e. The molecule has 0 bridgehead atoms. The first-order valence-electron chi connectivity index (χ1n) is 10.4. The van der Waals surface area contributed by atoms with Crippen molar-refractivity contribution in [2.24, 2.45) is 0 Å². The van der Waals surface area contributed by atoms with Crippen LogP contribution in [0.1, 0.15) is 40.8 Å². The highest BCUT2D eigenvalue weighted by atomic mass is 16.5. The topological polar surface area (TPSA) is 115 Å². The molecule has 0 spiro atoms. The van der Waals surface area contributed by atoms with Crippen LogP contribution in [0.4, 0.5) is 4.79 Å². The van der Waals surface area contributed by atoms with Gasteiger partial charge in [0.15, 0.2) is 0 Å². The summed E-state index contributed by atoms with van der Waals surface area (Å²) >= 11 is 0. The zero-order valence-electron chi connectivity index (χ0n) is 17.3. The molecule has 4 rings (SSSR count). The molecular formula is C25H23N3O4. The SMILES string of the molecule is N#Cc1ccc(C(O)C(O)CCNC(=O)OCC2c3ccccc3-c3ccccc32)cn1. The number of aromatic nitrogens is 1. The maximum absolute atomic E-state index is 12.2. The molecule has 1 heterocycles. The lowest BCUT2D eigenvalue weighted by atomic mass is 9.98. The molecule has 0 saturated heterocycles. The first-order chi connectivity index (χ1) is 15.6. The van der Waals surface area contributed by atoms with Crippen molar-refractivity contribution < 1.29 is 19.7 Å². The van der Waals surface area contributed by atoms with Crippen LogP contribution in [0.2, 0.25) is 0 Å². The number of benzene rings is 2. The van der Waals surface area contributed by atoms with E-state index in [-0.39, 0.29) is 31.2 Å². The Hall–Kier alpha value is -3.73. The number of aliphatic hydroxyl groups is 2. The van der Waals surface area contributed by atoms with E-state index in [4.69, 9.17) is 10.00 Å². The largest absolute Gasteiger partial charge is 0.449 e. The summed E-state index contributed by atoms with van der Waals surface area (Å²) in [7, 11) is 0. The van der Waals surface area contributed by atoms with Crippen LogP contribution < -0.4 is 5.32 Å². The van der Waals surface area contributed by atoms with Crippen molar-refractivity contribution >= 4 is 6.09 Å². The van der Waals surface area contributed by atoms with Gasteiger partial charge in [0.05, 0.1) is 6.10 Å². The lowest BCUT2D eigenvalue weighted by Crippen LogP contribution is -2.30. The number of ether oxygens (including phenoxy) is 1. The molecule has 0 radical (unpaired) electrons. The molecule has 2 aromatic carbocycles. The van der Waals surface area contributed by atoms with E-state index in [2.05, 4.69) is 34.6 Å². The molecule has 3 aromatic rings. The minimum absolute atomic E-state index is 0.0237. The van der Waals surface area contributed by atoms with Crippen LogP contribution in [0, 0.1) is 11.3 Å². The van der Waals surface area contributed by atoms with Gasteiger partial charge >= 0.3 is 6.09 Å². The standard InChI is InChI=1S/C25H23N3O4/c26-13-17-10-9-16(14-28-17)24(30)23(29)11-12-27-25(31)32-15-22-20-7-3-1-5-18(20)19-6-2-4-8-21(19)22/h1-10,14,22-24,29-30H,11-12,15H2,(H,27,31). The fourth-order valence-electron chi connectivity index (χ4n) is 4.00. The van der Waals surface area contributed by atoms with Crippen molar-refractivity contribution in [2.75, 3.05) is 13.2 Å². The Morgan fingerprint density at radius 3 is 2.31 bits per heavy atom. The van der Waals surface area contributed by atoms with Gasteiger partial charge in [-0.2, -0.15) is 5.26 Å². The highest BCUT2D eigenvalue weighted by Gasteiger charge is 2.29. The van der Waals surface area contributed by atoms with Crippen LogP contribution in [-0.2, 0) is 4.74 Å². The fourth-order valence-corrected chi connectivity index (χ4v) is 4.00. The van der Waals surface area contributed by atoms with E-state index in [0.717, 1.165) is 22.3 Å². The lowest BCUT2D eigenvalue weighted by Gasteiger charge is -2.18. The Bertz CT molecular complexity index is 1090. The van der Waals surface area contributed by atoms with Gasteiger partial charge in [-0.25, -0.2) is 9.78 Å². The van der Waals surface area contributed by atoms with Crippen LogP contribution in [0.25, 0.3) is 11.1 Å². The minimum Gasteiger partial charge on any atom is -0.449 e. The van der Waals surface area contributed by atoms with Crippen LogP contribution >= 0.6 is 0 Å². The highest BCUT2D eigenvalue weighted by molar-refractivity contribution is 5.79. The third kappa shape index (κ3) is 4.47. The van der Waals surface area contributed by atoms with E-state index < -0.39 is 18.3 Å². The van der Waals surface area contributed by atoms with E-state index in [1.54, 1.807) is 6.07 Å². The van der Waals surface area contributed by atoms with Gasteiger partial charge in [-0.05, 0) is 34.7 Å². The Labute approximate surface area is 185 Å². The van der Waals surface area contributed by atoms with E-state index in [1.807, 2.05) is 30.3 Å². The first-order valence-corrected chi connectivity index (χ1v) is 10.4. The summed E-state index contributed by atoms with van der Waals surface area (Å²) in [6.45, 7) is 0.348. The molecule has 0 fully saturated rings. The number of pyridine rings is 1. The molecule has 1 aliphatic carbocycles. The van der Waals surface area contributed by atoms with Gasteiger partial charge in [0.1, 0.15) is 24.5 Å². The number of amides is 1. The number of hydrogen-bond donors (Lipinski definition) is 3. The molecule has 3 N–H and O–H groups in total. The molecule has 1 aliphatic rings. The molecule has 2 atom stereocenters. The summed E-state index contributed by atoms with van der Waals surface area (Å²) in [5.41, 5.74) is 5.22. The van der Waals surface area contributed by atoms with Crippen LogP contribution in [-0.4, -0.2) is 40.5 Å². The Morgan fingerprint density at radius 2 is 1.72 bits per heavy atom. The van der Waals surface area contributed by atoms with E-state index >= 15 is 0 Å². The first kappa shape index (κ1) is 21.5. The summed E-state index contributed by atoms with van der Waals surface area (Å²) in [6, 6.07) is 21.1. The quantitative estimate of drug-likeness (QED) is 0.531. The fraction of sp³-hybridized carbons (Fsp3) is 0.240. The second kappa shape index (κ2) is 9.60. The number of hydrogen-bond acceptors (Lipinski definition) is 6. The lowest BCUT2D eigenvalue weighted by molar-refractivity contribution is 0.0135. The number of nitriles is 1. The molecule has 32 heavy (non-hydrogen) atoms. The van der Waals surface area contributed by atoms with Crippen molar-refractivity contribution in [2.45, 2.75) is 24.5 Å². The van der Waals surface area contributed by atoms with E-state index in [0.29, 0.717) is 5.56 Å². The Balaban J connectivity index is 1.27. The minimum atomic E-state index is -1.17. The molecule has 1 aromatic heterocycles. The summed E-state index contributed by atoms with van der Waals surface area (Å²) < 4.78 is 5.46. The molecule has 2 unspecified atom stereocenters. The average Bonchev–Trinajstić information content (AvgIpc) is 3.16. The molecule has 162 valence electrons. The number of nitrogens with one attached hydrogen (secondary N) is 1. The van der Waals surface area contributed by atoms with E-state index in [1.165, 1.54) is 12.3 Å². The van der Waals surface area contributed by atoms with Gasteiger partial charge in [0.2, 0.25) is 0 Å². The van der Waals surface area contributed by atoms with Gasteiger partial charge in [-0.1, -0.05) is 54.6 Å². The number of nitrogens with zero attached hydrogens (tertiary/aromatic N) is 2. The Kier molecular flexibility index (Phi) is 6.45. The van der Waals surface area contributed by atoms with Crippen molar-refractivity contribution in [3.63, 3.8) is 0 Å².